The van der Waals surface area contributed by atoms with Gasteiger partial charge in [-0.15, -0.1) is 34.7 Å². The molecule has 0 bridgehead atoms. The van der Waals surface area contributed by atoms with E-state index >= 15 is 0 Å². The number of carbonyl (C=O) groups excluding carboxylic acids is 6. The second-order valence-corrected chi connectivity index (χ2v) is 11.8. The maximum Gasteiger partial charge on any atom is 0.413 e. The van der Waals surface area contributed by atoms with Crippen LogP contribution < -0.4 is 10.6 Å². The van der Waals surface area contributed by atoms with Crippen molar-refractivity contribution in [1.82, 2.24) is 15.2 Å². The van der Waals surface area contributed by atoms with Gasteiger partial charge in [-0.2, -0.15) is 0 Å². The van der Waals surface area contributed by atoms with E-state index in [9.17, 15) is 28.8 Å². The zero-order chi connectivity index (χ0) is 31.2. The first-order valence-electron chi connectivity index (χ1n) is 12.2. The van der Waals surface area contributed by atoms with Gasteiger partial charge in [0.05, 0.1) is 12.1 Å². The molecule has 1 aromatic rings. The Morgan fingerprint density at radius 1 is 1.29 bits per heavy atom. The predicted octanol–water partition coefficient (Wildman–Crippen LogP) is -0.756. The Morgan fingerprint density at radius 2 is 2.00 bits per heavy atom. The molecule has 0 aromatic carbocycles. The van der Waals surface area contributed by atoms with E-state index in [4.69, 9.17) is 21.2 Å². The molecule has 1 saturated heterocycles. The van der Waals surface area contributed by atoms with Crippen molar-refractivity contribution >= 4 is 97.8 Å². The SMILES string of the molecule is BOC(=O)C[C@H](O/N=C(\C(=O)N[C@@H]1C(=O)N2C(C=O)=C(CCl)CS[C@H]12)c1csc(NC(=O)OC(C)(C)C)n1)C(=O)OB. The summed E-state index contributed by atoms with van der Waals surface area (Å²) in [7, 11) is 2.17. The van der Waals surface area contributed by atoms with Crippen molar-refractivity contribution in [1.29, 1.82) is 0 Å². The number of thioether (sulfide) groups is 1. The molecular formula is C22H26B2ClN5O10S2. The normalized spacial score (nSPS) is 19.1. The highest BCUT2D eigenvalue weighted by molar-refractivity contribution is 8.00. The van der Waals surface area contributed by atoms with Gasteiger partial charge < -0.3 is 24.2 Å². The number of thiazole rings is 1. The number of nitrogens with one attached hydrogen (secondary N) is 2. The lowest BCUT2D eigenvalue weighted by Crippen LogP contribution is -2.70. The van der Waals surface area contributed by atoms with Gasteiger partial charge in [0.15, 0.2) is 17.1 Å². The number of amides is 3. The molecular weight excluding hydrogens is 615 g/mol. The number of aldehydes is 1. The molecule has 3 amide bonds. The first kappa shape index (κ1) is 32.9. The van der Waals surface area contributed by atoms with Crippen LogP contribution in [-0.2, 0) is 42.9 Å². The number of fused-ring (bicyclic) bond motifs is 1. The Hall–Kier alpha value is -3.57. The summed E-state index contributed by atoms with van der Waals surface area (Å²) in [4.78, 5) is 84.7. The minimum absolute atomic E-state index is 0.0435. The van der Waals surface area contributed by atoms with Crippen LogP contribution in [0.3, 0.4) is 0 Å². The lowest BCUT2D eigenvalue weighted by Gasteiger charge is -2.49. The molecule has 3 atom stereocenters. The topological polar surface area (TPSA) is 192 Å². The number of hydrogen-bond acceptors (Lipinski definition) is 14. The zero-order valence-electron chi connectivity index (χ0n) is 23.1. The number of alkyl halides is 1. The predicted molar refractivity (Wildman–Crippen MR) is 156 cm³/mol. The van der Waals surface area contributed by atoms with Gasteiger partial charge in [0, 0.05) is 17.0 Å². The van der Waals surface area contributed by atoms with E-state index in [1.165, 1.54) is 22.0 Å². The molecule has 3 rings (SSSR count). The number of nitrogens with zero attached hydrogens (tertiary/aromatic N) is 3. The number of rotatable bonds is 11. The molecule has 0 radical (unpaired) electrons. The molecule has 2 aliphatic heterocycles. The minimum atomic E-state index is -1.58. The molecule has 1 fully saturated rings. The van der Waals surface area contributed by atoms with Crippen LogP contribution in [0.25, 0.3) is 0 Å². The van der Waals surface area contributed by atoms with E-state index in [1.54, 1.807) is 20.8 Å². The summed E-state index contributed by atoms with van der Waals surface area (Å²) < 4.78 is 14.4. The second-order valence-electron chi connectivity index (χ2n) is 9.60. The summed E-state index contributed by atoms with van der Waals surface area (Å²) in [5.74, 6) is -2.81. The highest BCUT2D eigenvalue weighted by atomic mass is 35.5. The summed E-state index contributed by atoms with van der Waals surface area (Å²) in [6.07, 6.45) is -2.41. The first-order valence-corrected chi connectivity index (χ1v) is 14.6. The molecule has 3 heterocycles. The highest BCUT2D eigenvalue weighted by Gasteiger charge is 2.52. The van der Waals surface area contributed by atoms with E-state index < -0.39 is 65.1 Å². The van der Waals surface area contributed by atoms with Crippen LogP contribution in [0.4, 0.5) is 9.93 Å². The van der Waals surface area contributed by atoms with Crippen molar-refractivity contribution in [2.24, 2.45) is 5.16 Å². The van der Waals surface area contributed by atoms with Gasteiger partial charge in [-0.3, -0.25) is 29.4 Å². The van der Waals surface area contributed by atoms with Crippen LogP contribution in [0.15, 0.2) is 21.8 Å². The molecule has 0 saturated carbocycles. The Labute approximate surface area is 254 Å². The molecule has 0 spiro atoms. The van der Waals surface area contributed by atoms with E-state index in [-0.39, 0.29) is 22.4 Å². The van der Waals surface area contributed by atoms with Gasteiger partial charge in [-0.1, -0.05) is 5.16 Å². The zero-order valence-corrected chi connectivity index (χ0v) is 25.5. The third-order valence-corrected chi connectivity index (χ3v) is 7.96. The third kappa shape index (κ3) is 7.83. The smallest absolute Gasteiger partial charge is 0.413 e. The highest BCUT2D eigenvalue weighted by Crippen LogP contribution is 2.39. The molecule has 0 unspecified atom stereocenters. The molecule has 15 nitrogen and oxygen atoms in total. The molecule has 2 N–H and O–H groups in total. The van der Waals surface area contributed by atoms with E-state index in [1.807, 2.05) is 0 Å². The van der Waals surface area contributed by atoms with Gasteiger partial charge in [-0.05, 0) is 26.3 Å². The maximum atomic E-state index is 13.4. The number of ether oxygens (including phenoxy) is 1. The summed E-state index contributed by atoms with van der Waals surface area (Å²) in [6.45, 7) is 5.03. The fourth-order valence-corrected chi connectivity index (χ4v) is 5.98. The van der Waals surface area contributed by atoms with Crippen LogP contribution in [0, 0.1) is 0 Å². The van der Waals surface area contributed by atoms with Crippen LogP contribution in [-0.4, -0.2) is 103 Å². The summed E-state index contributed by atoms with van der Waals surface area (Å²) >= 11 is 8.13. The van der Waals surface area contributed by atoms with Crippen molar-refractivity contribution in [3.8, 4) is 0 Å². The van der Waals surface area contributed by atoms with Crippen molar-refractivity contribution < 1.29 is 47.7 Å². The lowest BCUT2D eigenvalue weighted by atomic mass is 10.0. The second kappa shape index (κ2) is 14.1. The molecule has 2 aliphatic rings. The van der Waals surface area contributed by atoms with E-state index in [0.717, 1.165) is 27.4 Å². The van der Waals surface area contributed by atoms with Crippen LogP contribution in [0.1, 0.15) is 32.9 Å². The van der Waals surface area contributed by atoms with Crippen molar-refractivity contribution in [2.45, 2.75) is 50.3 Å². The molecule has 1 aromatic heterocycles. The third-order valence-electron chi connectivity index (χ3n) is 5.54. The Bertz CT molecular complexity index is 1330. The fraction of sp³-hybridized carbons (Fsp3) is 0.455. The standard InChI is InChI=1S/C22H26B2ClN5O10S2/c1-22(2,3)37-21(36)28-20-26-10(8-42-20)14(29-40-12(19(35)39-24)4-13(32)38-23)16(33)27-15-17(34)30-11(6-31)9(5-25)7-41-18(15)30/h6,8,12,15,18H,4-5,7,23-24H2,1-3H3,(H,27,33)(H,26,28,36)/b29-14-/t12-,15+,18+/m0/s1. The number of halogens is 1. The number of allylic oxidation sites excluding steroid dienone is 1. The Balaban J connectivity index is 1.87. The van der Waals surface area contributed by atoms with Crippen LogP contribution >= 0.6 is 34.7 Å². The quantitative estimate of drug-likeness (QED) is 0.0768. The first-order chi connectivity index (χ1) is 19.8. The summed E-state index contributed by atoms with van der Waals surface area (Å²) in [5, 5.41) is 9.60. The molecule has 42 heavy (non-hydrogen) atoms. The minimum Gasteiger partial charge on any atom is -0.543 e. The lowest BCUT2D eigenvalue weighted by molar-refractivity contribution is -0.153. The van der Waals surface area contributed by atoms with Gasteiger partial charge in [0.25, 0.3) is 17.8 Å². The van der Waals surface area contributed by atoms with Crippen molar-refractivity contribution in [2.75, 3.05) is 16.9 Å². The largest absolute Gasteiger partial charge is 0.543 e. The molecule has 0 aliphatic carbocycles. The van der Waals surface area contributed by atoms with Crippen molar-refractivity contribution in [3.63, 3.8) is 0 Å². The average Bonchev–Trinajstić information content (AvgIpc) is 3.40. The van der Waals surface area contributed by atoms with Crippen LogP contribution in [0.5, 0.6) is 0 Å². The van der Waals surface area contributed by atoms with E-state index in [2.05, 4.69) is 30.1 Å². The van der Waals surface area contributed by atoms with Gasteiger partial charge in [0.1, 0.15) is 22.7 Å². The number of β-lactam (4-membered cyclic amide) rings is 1. The van der Waals surface area contributed by atoms with Crippen molar-refractivity contribution in [3.05, 3.63) is 22.3 Å². The summed E-state index contributed by atoms with van der Waals surface area (Å²) in [6, 6.07) is -1.04. The van der Waals surface area contributed by atoms with Gasteiger partial charge >= 0.3 is 28.2 Å². The molecule has 20 heteroatoms. The fourth-order valence-electron chi connectivity index (χ4n) is 3.59. The number of anilines is 1. The van der Waals surface area contributed by atoms with E-state index in [0.29, 0.717) is 17.6 Å². The average molecular weight is 642 g/mol. The monoisotopic (exact) mass is 641 g/mol. The number of oxime groups is 1. The number of hydrogen-bond donors (Lipinski definition) is 2. The Kier molecular flexibility index (Phi) is 11.0. The Morgan fingerprint density at radius 3 is 2.60 bits per heavy atom. The molecule has 224 valence electrons. The summed E-state index contributed by atoms with van der Waals surface area (Å²) in [5.41, 5.74) is -0.613. The number of carbonyl (C=O) groups is 6. The van der Waals surface area contributed by atoms with Gasteiger partial charge in [-0.25, -0.2) is 14.6 Å². The number of aromatic nitrogens is 1. The maximum absolute atomic E-state index is 13.4. The van der Waals surface area contributed by atoms with Gasteiger partial charge in [0.2, 0.25) is 6.10 Å². The van der Waals surface area contributed by atoms with Crippen LogP contribution in [0.2, 0.25) is 0 Å².